The molecule has 1 fully saturated rings. The number of aromatic nitrogens is 1. The molecule has 1 aliphatic heterocycles. The first-order valence-electron chi connectivity index (χ1n) is 10.8. The van der Waals surface area contributed by atoms with Gasteiger partial charge in [-0.25, -0.2) is 8.42 Å². The first-order chi connectivity index (χ1) is 16.7. The fourth-order valence-electron chi connectivity index (χ4n) is 3.74. The van der Waals surface area contributed by atoms with Crippen LogP contribution in [0.1, 0.15) is 30.1 Å². The number of fused-ring (bicyclic) bond motifs is 1. The van der Waals surface area contributed by atoms with Crippen molar-refractivity contribution in [1.29, 1.82) is 0 Å². The Morgan fingerprint density at radius 1 is 1.14 bits per heavy atom. The van der Waals surface area contributed by atoms with Gasteiger partial charge in [-0.3, -0.25) is 19.7 Å². The van der Waals surface area contributed by atoms with E-state index < -0.39 is 26.8 Å². The number of ether oxygens (including phenoxy) is 1. The molecule has 0 bridgehead atoms. The molecule has 13 heteroatoms. The summed E-state index contributed by atoms with van der Waals surface area (Å²) in [5.41, 5.74) is 0.368. The van der Waals surface area contributed by atoms with Crippen LogP contribution in [0.2, 0.25) is 0 Å². The van der Waals surface area contributed by atoms with Gasteiger partial charge in [0.25, 0.3) is 11.6 Å². The minimum Gasteiger partial charge on any atom is -0.465 e. The zero-order chi connectivity index (χ0) is 25.2. The van der Waals surface area contributed by atoms with E-state index in [1.807, 2.05) is 0 Å². The Kier molecular flexibility index (Phi) is 7.10. The van der Waals surface area contributed by atoms with E-state index in [2.05, 4.69) is 4.99 Å². The number of esters is 1. The number of benzene rings is 2. The van der Waals surface area contributed by atoms with Gasteiger partial charge in [0.15, 0.2) is 4.80 Å². The average molecular weight is 519 g/mol. The Morgan fingerprint density at radius 2 is 1.83 bits per heavy atom. The summed E-state index contributed by atoms with van der Waals surface area (Å²) in [6.07, 6.45) is 1.64. The average Bonchev–Trinajstić information content (AvgIpc) is 3.48. The minimum atomic E-state index is -3.61. The summed E-state index contributed by atoms with van der Waals surface area (Å²) in [4.78, 5) is 40.1. The number of nitrogens with zero attached hydrogens (tertiary/aromatic N) is 4. The first kappa shape index (κ1) is 24.7. The molecule has 1 aliphatic rings. The largest absolute Gasteiger partial charge is 0.465 e. The van der Waals surface area contributed by atoms with Gasteiger partial charge >= 0.3 is 5.97 Å². The summed E-state index contributed by atoms with van der Waals surface area (Å²) in [5.74, 6) is -1.22. The van der Waals surface area contributed by atoms with Crippen LogP contribution in [0.4, 0.5) is 5.69 Å². The number of nitro groups is 1. The Hall–Kier alpha value is -3.42. The van der Waals surface area contributed by atoms with Gasteiger partial charge in [-0.15, -0.1) is 0 Å². The molecule has 184 valence electrons. The maximum absolute atomic E-state index is 12.9. The van der Waals surface area contributed by atoms with E-state index in [0.717, 1.165) is 24.2 Å². The summed E-state index contributed by atoms with van der Waals surface area (Å²) in [7, 11) is -3.61. The first-order valence-corrected chi connectivity index (χ1v) is 13.1. The van der Waals surface area contributed by atoms with E-state index in [0.29, 0.717) is 23.3 Å². The molecule has 11 nitrogen and oxygen atoms in total. The van der Waals surface area contributed by atoms with Gasteiger partial charge in [-0.05, 0) is 50.1 Å². The molecule has 2 heterocycles. The van der Waals surface area contributed by atoms with E-state index in [1.165, 1.54) is 51.3 Å². The van der Waals surface area contributed by atoms with Gasteiger partial charge in [0.2, 0.25) is 10.0 Å². The lowest BCUT2D eigenvalue weighted by Gasteiger charge is -2.15. The number of hydrogen-bond donors (Lipinski definition) is 0. The van der Waals surface area contributed by atoms with Crippen LogP contribution in [0.15, 0.2) is 52.4 Å². The summed E-state index contributed by atoms with van der Waals surface area (Å²) in [6.45, 7) is 2.47. The van der Waals surface area contributed by atoms with Crippen molar-refractivity contribution in [1.82, 2.24) is 8.87 Å². The standard InChI is InChI=1S/C22H22N4O7S2/c1-2-33-20(27)14-25-18-13-16(26(29)30)7-10-19(18)34-22(25)23-21(28)15-5-8-17(9-6-15)35(31,32)24-11-3-4-12-24/h5-10,13H,2-4,11-12,14H2,1H3. The fourth-order valence-corrected chi connectivity index (χ4v) is 6.27. The maximum atomic E-state index is 12.9. The Bertz CT molecular complexity index is 1470. The molecule has 0 radical (unpaired) electrons. The van der Waals surface area contributed by atoms with E-state index in [-0.39, 0.29) is 34.1 Å². The molecule has 0 aliphatic carbocycles. The molecule has 2 aromatic carbocycles. The monoisotopic (exact) mass is 518 g/mol. The normalized spacial score (nSPS) is 14.9. The third-order valence-corrected chi connectivity index (χ3v) is 8.44. The van der Waals surface area contributed by atoms with Crippen molar-refractivity contribution < 1.29 is 27.7 Å². The van der Waals surface area contributed by atoms with Crippen LogP contribution in [-0.2, 0) is 26.1 Å². The van der Waals surface area contributed by atoms with Gasteiger partial charge < -0.3 is 9.30 Å². The lowest BCUT2D eigenvalue weighted by atomic mass is 10.2. The van der Waals surface area contributed by atoms with Crippen molar-refractivity contribution in [2.45, 2.75) is 31.2 Å². The third kappa shape index (κ3) is 5.16. The quantitative estimate of drug-likeness (QED) is 0.266. The van der Waals surface area contributed by atoms with Crippen molar-refractivity contribution in [3.05, 3.63) is 62.9 Å². The maximum Gasteiger partial charge on any atom is 0.326 e. The van der Waals surface area contributed by atoms with Crippen LogP contribution in [-0.4, -0.2) is 53.8 Å². The van der Waals surface area contributed by atoms with Crippen molar-refractivity contribution >= 4 is 49.1 Å². The van der Waals surface area contributed by atoms with E-state index >= 15 is 0 Å². The Balaban J connectivity index is 1.71. The third-order valence-electron chi connectivity index (χ3n) is 5.47. The Labute approximate surface area is 204 Å². The van der Waals surface area contributed by atoms with Gasteiger partial charge in [-0.2, -0.15) is 9.30 Å². The van der Waals surface area contributed by atoms with E-state index in [1.54, 1.807) is 6.92 Å². The number of rotatable bonds is 7. The van der Waals surface area contributed by atoms with Crippen LogP contribution in [0, 0.1) is 10.1 Å². The number of nitro benzene ring substituents is 1. The zero-order valence-corrected chi connectivity index (χ0v) is 20.4. The lowest BCUT2D eigenvalue weighted by molar-refractivity contribution is -0.384. The van der Waals surface area contributed by atoms with Gasteiger partial charge in [0, 0.05) is 30.8 Å². The number of non-ortho nitro benzene ring substituents is 1. The molecular formula is C22H22N4O7S2. The van der Waals surface area contributed by atoms with Crippen LogP contribution >= 0.6 is 11.3 Å². The predicted octanol–water partition coefficient (Wildman–Crippen LogP) is 2.70. The number of hydrogen-bond acceptors (Lipinski definition) is 8. The summed E-state index contributed by atoms with van der Waals surface area (Å²) in [6, 6.07) is 9.70. The number of thiazole rings is 1. The van der Waals surface area contributed by atoms with E-state index in [9.17, 15) is 28.1 Å². The molecule has 3 aromatic rings. The number of carbonyl (C=O) groups is 2. The molecule has 1 amide bonds. The highest BCUT2D eigenvalue weighted by Gasteiger charge is 2.27. The van der Waals surface area contributed by atoms with Gasteiger partial charge in [0.05, 0.1) is 26.6 Å². The van der Waals surface area contributed by atoms with Crippen LogP contribution in [0.25, 0.3) is 10.2 Å². The number of sulfonamides is 1. The predicted molar refractivity (Wildman–Crippen MR) is 127 cm³/mol. The highest BCUT2D eigenvalue weighted by Crippen LogP contribution is 2.24. The number of carbonyl (C=O) groups excluding carboxylic acids is 2. The molecule has 4 rings (SSSR count). The molecule has 0 spiro atoms. The van der Waals surface area contributed by atoms with Gasteiger partial charge in [-0.1, -0.05) is 11.3 Å². The highest BCUT2D eigenvalue weighted by molar-refractivity contribution is 7.89. The molecule has 0 atom stereocenters. The summed E-state index contributed by atoms with van der Waals surface area (Å²) < 4.78 is 33.8. The topological polar surface area (TPSA) is 141 Å². The van der Waals surface area contributed by atoms with Crippen LogP contribution in [0.5, 0.6) is 0 Å². The fraction of sp³-hybridized carbons (Fsp3) is 0.318. The second-order valence-electron chi connectivity index (χ2n) is 7.74. The molecular weight excluding hydrogens is 496 g/mol. The molecule has 0 unspecified atom stereocenters. The lowest BCUT2D eigenvalue weighted by Crippen LogP contribution is -2.27. The van der Waals surface area contributed by atoms with Crippen molar-refractivity contribution in [3.8, 4) is 0 Å². The molecule has 1 aromatic heterocycles. The highest BCUT2D eigenvalue weighted by atomic mass is 32.2. The molecule has 0 saturated carbocycles. The summed E-state index contributed by atoms with van der Waals surface area (Å²) in [5, 5.41) is 11.2. The van der Waals surface area contributed by atoms with Crippen LogP contribution in [0.3, 0.4) is 0 Å². The molecule has 1 saturated heterocycles. The second kappa shape index (κ2) is 10.1. The second-order valence-corrected chi connectivity index (χ2v) is 10.7. The smallest absolute Gasteiger partial charge is 0.326 e. The van der Waals surface area contributed by atoms with Crippen LogP contribution < -0.4 is 4.80 Å². The van der Waals surface area contributed by atoms with Crippen molar-refractivity contribution in [2.75, 3.05) is 19.7 Å². The Morgan fingerprint density at radius 3 is 2.46 bits per heavy atom. The zero-order valence-electron chi connectivity index (χ0n) is 18.7. The summed E-state index contributed by atoms with van der Waals surface area (Å²) >= 11 is 1.09. The molecule has 35 heavy (non-hydrogen) atoms. The van der Waals surface area contributed by atoms with Crippen molar-refractivity contribution in [2.24, 2.45) is 4.99 Å². The minimum absolute atomic E-state index is 0.0995. The van der Waals surface area contributed by atoms with E-state index in [4.69, 9.17) is 4.74 Å². The van der Waals surface area contributed by atoms with Gasteiger partial charge in [0.1, 0.15) is 6.54 Å². The SMILES string of the molecule is CCOC(=O)Cn1c(=NC(=O)c2ccc(S(=O)(=O)N3CCCC3)cc2)sc2ccc([N+](=O)[O-])cc21. The molecule has 0 N–H and O–H groups in total. The number of amides is 1. The van der Waals surface area contributed by atoms with Crippen molar-refractivity contribution in [3.63, 3.8) is 0 Å².